The first-order valence-corrected chi connectivity index (χ1v) is 20.2. The number of aliphatic hydroxyl groups is 2. The van der Waals surface area contributed by atoms with E-state index in [0.29, 0.717) is 6.42 Å². The van der Waals surface area contributed by atoms with Gasteiger partial charge in [-0.05, 0) is 74.9 Å². The zero-order valence-electron chi connectivity index (χ0n) is 36.7. The average molecular weight is 818 g/mol. The molecule has 0 aromatic heterocycles. The Morgan fingerprint density at radius 1 is 0.912 bits per heavy atom. The second kappa shape index (κ2) is 19.9. The molecule has 3 saturated heterocycles. The number of hydrogen-bond acceptors (Lipinski definition) is 16. The highest BCUT2D eigenvalue weighted by Gasteiger charge is 2.55. The lowest BCUT2D eigenvalue weighted by Gasteiger charge is -2.50. The molecule has 3 heterocycles. The Bertz CT molecular complexity index is 1360. The van der Waals surface area contributed by atoms with Crippen molar-refractivity contribution in [2.45, 2.75) is 186 Å². The standard InChI is InChI=1S/C41H71NO15/c1-16-29-41(11,48)35(51-20-43)23(4)31(45)21(2)18-39(9,49-14)34(57-38-32(46)28(42(12)13)17-22(3)52-38)24(5)33(25(6)37(47)55-29)56-30-19-40(10,50-15)36(26(7)53-30)54-27(8)44/h20-26,28-30,32-36,38,46,48H,16-19H2,1-15H3/t21-,22-,23-,24+,25-,26+,28+,29+,30?,32-,33+,34-,35-,36+,38+,39+,40-,41-/m1/s1. The van der Waals surface area contributed by atoms with Crippen molar-refractivity contribution in [2.75, 3.05) is 28.3 Å². The van der Waals surface area contributed by atoms with Gasteiger partial charge < -0.3 is 57.7 Å². The van der Waals surface area contributed by atoms with Crippen molar-refractivity contribution in [3.63, 3.8) is 0 Å². The van der Waals surface area contributed by atoms with Crippen LogP contribution in [0.5, 0.6) is 0 Å². The van der Waals surface area contributed by atoms with Gasteiger partial charge in [-0.2, -0.15) is 0 Å². The van der Waals surface area contributed by atoms with Crippen LogP contribution in [0.25, 0.3) is 0 Å². The van der Waals surface area contributed by atoms with Crippen LogP contribution in [0.15, 0.2) is 0 Å². The van der Waals surface area contributed by atoms with Gasteiger partial charge in [0, 0.05) is 45.4 Å². The number of carbonyl (C=O) groups excluding carboxylic acids is 4. The predicted molar refractivity (Wildman–Crippen MR) is 206 cm³/mol. The lowest BCUT2D eigenvalue weighted by molar-refractivity contribution is -0.320. The van der Waals surface area contributed by atoms with E-state index in [9.17, 15) is 29.4 Å². The molecule has 2 N–H and O–H groups in total. The van der Waals surface area contributed by atoms with Gasteiger partial charge in [0.05, 0.1) is 41.9 Å². The number of nitrogens with zero attached hydrogens (tertiary/aromatic N) is 1. The molecular weight excluding hydrogens is 746 g/mol. The number of esters is 2. The van der Waals surface area contributed by atoms with Crippen molar-refractivity contribution >= 4 is 24.2 Å². The molecule has 57 heavy (non-hydrogen) atoms. The van der Waals surface area contributed by atoms with Crippen LogP contribution >= 0.6 is 0 Å². The van der Waals surface area contributed by atoms with E-state index in [1.54, 1.807) is 48.5 Å². The minimum atomic E-state index is -1.98. The molecule has 0 radical (unpaired) electrons. The maximum absolute atomic E-state index is 14.4. The first kappa shape index (κ1) is 49.1. The van der Waals surface area contributed by atoms with Crippen LogP contribution in [0.2, 0.25) is 0 Å². The maximum atomic E-state index is 14.4. The summed E-state index contributed by atoms with van der Waals surface area (Å²) < 4.78 is 55.6. The predicted octanol–water partition coefficient (Wildman–Crippen LogP) is 3.19. The molecule has 0 bridgehead atoms. The highest BCUT2D eigenvalue weighted by atomic mass is 16.7. The van der Waals surface area contributed by atoms with Crippen LogP contribution in [-0.2, 0) is 61.8 Å². The molecule has 330 valence electrons. The summed E-state index contributed by atoms with van der Waals surface area (Å²) in [5.74, 6) is -5.19. The Morgan fingerprint density at radius 2 is 1.51 bits per heavy atom. The summed E-state index contributed by atoms with van der Waals surface area (Å²) in [7, 11) is 6.73. The molecule has 0 aliphatic carbocycles. The zero-order valence-corrected chi connectivity index (χ0v) is 36.7. The molecule has 0 spiro atoms. The van der Waals surface area contributed by atoms with E-state index >= 15 is 0 Å². The van der Waals surface area contributed by atoms with Crippen molar-refractivity contribution in [1.29, 1.82) is 0 Å². The molecule has 0 aromatic rings. The summed E-state index contributed by atoms with van der Waals surface area (Å²) in [6, 6.07) is -0.314. The summed E-state index contributed by atoms with van der Waals surface area (Å²) in [4.78, 5) is 54.5. The molecule has 3 aliphatic heterocycles. The smallest absolute Gasteiger partial charge is 0.311 e. The first-order chi connectivity index (χ1) is 26.4. The van der Waals surface area contributed by atoms with Crippen molar-refractivity contribution in [3.05, 3.63) is 0 Å². The van der Waals surface area contributed by atoms with Crippen molar-refractivity contribution in [1.82, 2.24) is 4.90 Å². The topological polar surface area (TPSA) is 195 Å². The van der Waals surface area contributed by atoms with Crippen molar-refractivity contribution in [2.24, 2.45) is 23.7 Å². The third kappa shape index (κ3) is 10.9. The lowest BCUT2D eigenvalue weighted by atomic mass is 9.73. The minimum Gasteiger partial charge on any atom is -0.461 e. The third-order valence-corrected chi connectivity index (χ3v) is 12.7. The number of hydrogen-bond donors (Lipinski definition) is 2. The van der Waals surface area contributed by atoms with Gasteiger partial charge in [0.2, 0.25) is 0 Å². The lowest BCUT2D eigenvalue weighted by Crippen LogP contribution is -2.62. The minimum absolute atomic E-state index is 0.0681. The summed E-state index contributed by atoms with van der Waals surface area (Å²) in [6.07, 6.45) is -8.84. The normalized spacial score (nSPS) is 45.5. The Kier molecular flexibility index (Phi) is 17.1. The number of ether oxygens (including phenoxy) is 9. The van der Waals surface area contributed by atoms with E-state index in [1.165, 1.54) is 28.1 Å². The SMILES string of the molecule is CC[C@@H]1OC(=O)[C@H](C)[C@@H](OC2C[C@@](C)(OC)[C@@H](OC(C)=O)[C@H](C)O2)[C@H](C)[C@@H](O[C@@H]2O[C@H](C)C[C@H](N(C)C)[C@H]2O)[C@@](C)(OC)C[C@@H](C)C(=O)[C@@H](C)[C@@H](OC=O)[C@]1(C)O. The number of methoxy groups -OCH3 is 2. The Hall–Kier alpha value is -2.28. The van der Waals surface area contributed by atoms with Crippen LogP contribution in [0, 0.1) is 23.7 Å². The Balaban J connectivity index is 2.26. The fourth-order valence-electron chi connectivity index (χ4n) is 9.27. The summed E-state index contributed by atoms with van der Waals surface area (Å²) in [6.45, 7) is 18.5. The largest absolute Gasteiger partial charge is 0.461 e. The molecule has 18 atom stereocenters. The molecule has 16 heteroatoms. The molecule has 0 amide bonds. The van der Waals surface area contributed by atoms with Gasteiger partial charge >= 0.3 is 11.9 Å². The highest BCUT2D eigenvalue weighted by molar-refractivity contribution is 5.84. The van der Waals surface area contributed by atoms with E-state index in [-0.39, 0.29) is 43.7 Å². The quantitative estimate of drug-likeness (QED) is 0.175. The molecule has 3 aliphatic rings. The van der Waals surface area contributed by atoms with Crippen LogP contribution in [0.4, 0.5) is 0 Å². The van der Waals surface area contributed by atoms with E-state index in [0.717, 1.165) is 0 Å². The Morgan fingerprint density at radius 3 is 2.04 bits per heavy atom. The first-order valence-electron chi connectivity index (χ1n) is 20.2. The van der Waals surface area contributed by atoms with Gasteiger partial charge in [-0.15, -0.1) is 0 Å². The number of ketones is 1. The van der Waals surface area contributed by atoms with Crippen LogP contribution < -0.4 is 0 Å². The van der Waals surface area contributed by atoms with E-state index < -0.39 is 108 Å². The summed E-state index contributed by atoms with van der Waals surface area (Å²) >= 11 is 0. The highest BCUT2D eigenvalue weighted by Crippen LogP contribution is 2.42. The van der Waals surface area contributed by atoms with Crippen molar-refractivity contribution < 1.29 is 72.0 Å². The number of aliphatic hydroxyl groups excluding tert-OH is 1. The Labute approximate surface area is 338 Å². The number of likely N-dealkylation sites (N-methyl/N-ethyl adjacent to an activating group) is 1. The van der Waals surface area contributed by atoms with Gasteiger partial charge in [0.15, 0.2) is 18.7 Å². The molecule has 0 aromatic carbocycles. The van der Waals surface area contributed by atoms with Crippen molar-refractivity contribution in [3.8, 4) is 0 Å². The van der Waals surface area contributed by atoms with Gasteiger partial charge in [-0.25, -0.2) is 0 Å². The monoisotopic (exact) mass is 817 g/mol. The van der Waals surface area contributed by atoms with Gasteiger partial charge in [-0.1, -0.05) is 27.7 Å². The van der Waals surface area contributed by atoms with E-state index in [4.69, 9.17) is 42.6 Å². The molecule has 0 saturated carbocycles. The van der Waals surface area contributed by atoms with Gasteiger partial charge in [0.25, 0.3) is 6.47 Å². The molecule has 1 unspecified atom stereocenters. The van der Waals surface area contributed by atoms with E-state index in [1.807, 2.05) is 32.8 Å². The number of Topliss-reactive ketones (excluding diaryl/α,β-unsaturated/α-hetero) is 1. The van der Waals surface area contributed by atoms with Crippen LogP contribution in [0.1, 0.15) is 102 Å². The number of cyclic esters (lactones) is 1. The summed E-state index contributed by atoms with van der Waals surface area (Å²) in [5.41, 5.74) is -4.34. The number of rotatable bonds is 11. The third-order valence-electron chi connectivity index (χ3n) is 12.7. The maximum Gasteiger partial charge on any atom is 0.311 e. The number of carbonyl (C=O) groups is 4. The van der Waals surface area contributed by atoms with E-state index in [2.05, 4.69) is 0 Å². The fourth-order valence-corrected chi connectivity index (χ4v) is 9.27. The van der Waals surface area contributed by atoms with Crippen LogP contribution in [0.3, 0.4) is 0 Å². The molecule has 3 rings (SSSR count). The molecule has 16 nitrogen and oxygen atoms in total. The fraction of sp³-hybridized carbons (Fsp3) is 0.902. The molecular formula is C41H71NO15. The summed E-state index contributed by atoms with van der Waals surface area (Å²) in [5, 5.41) is 23.6. The second-order valence-electron chi connectivity index (χ2n) is 17.4. The average Bonchev–Trinajstić information content (AvgIpc) is 3.14. The second-order valence-corrected chi connectivity index (χ2v) is 17.4. The molecule has 3 fully saturated rings. The zero-order chi connectivity index (χ0) is 43.4. The van der Waals surface area contributed by atoms with Gasteiger partial charge in [0.1, 0.15) is 35.3 Å². The van der Waals surface area contributed by atoms with Crippen LogP contribution in [-0.4, -0.2) is 152 Å². The van der Waals surface area contributed by atoms with Gasteiger partial charge in [-0.3, -0.25) is 19.2 Å².